The number of hydrogen-bond acceptors (Lipinski definition) is 10. The van der Waals surface area contributed by atoms with Gasteiger partial charge in [0.15, 0.2) is 0 Å². The summed E-state index contributed by atoms with van der Waals surface area (Å²) in [5.41, 5.74) is 23.3. The van der Waals surface area contributed by atoms with Crippen molar-refractivity contribution in [3.05, 3.63) is 163 Å². The maximum absolute atomic E-state index is 12.3. The largest absolute Gasteiger partial charge is 0.333 e. The normalized spacial score (nSPS) is 11.3. The van der Waals surface area contributed by atoms with Crippen molar-refractivity contribution in [2.45, 2.75) is 91.6 Å². The molecule has 2 atom stereocenters. The Balaban J connectivity index is 0.000000481. The van der Waals surface area contributed by atoms with Crippen LogP contribution >= 0.6 is 0 Å². The SMILES string of the molecule is C.CCCC(=O)ON1C(=O)CCC1=O.Cc1ccc(C(N=[N+]=[N-])C(=O)CCc2ccccc2)cc1.Cc1ccc(C(N=[N+]=[N-])C(=O)CCc2ccccc2)cc1.S=S=S=S=S=S=S=S=S=S=S=S=S=S=S. The molecule has 1 aliphatic heterocycles. The predicted octanol–water partition coefficient (Wildman–Crippen LogP) is 10.1. The lowest BCUT2D eigenvalue weighted by Crippen LogP contribution is -2.31. The van der Waals surface area contributed by atoms with E-state index in [2.05, 4.69) is 24.9 Å². The number of benzene rings is 4. The van der Waals surface area contributed by atoms with E-state index < -0.39 is 29.9 Å². The zero-order chi connectivity index (χ0) is 51.2. The average molecular weight is 1240 g/mol. The molecule has 13 nitrogen and oxygen atoms in total. The van der Waals surface area contributed by atoms with Crippen LogP contribution in [0.25, 0.3) is 20.9 Å². The van der Waals surface area contributed by atoms with Gasteiger partial charge in [-0.1, -0.05) is 145 Å². The molecule has 28 heteroatoms. The Bertz CT molecular complexity index is 2900. The molecule has 5 rings (SSSR count). The molecule has 0 radical (unpaired) electrons. The van der Waals surface area contributed by atoms with Crippen LogP contribution in [-0.2, 0) is 179 Å². The summed E-state index contributed by atoms with van der Waals surface area (Å²) >= 11 is 9.45. The van der Waals surface area contributed by atoms with Crippen LogP contribution in [0.5, 0.6) is 0 Å². The van der Waals surface area contributed by atoms with Gasteiger partial charge >= 0.3 is 5.97 Å². The molecule has 4 aromatic rings. The van der Waals surface area contributed by atoms with E-state index in [0.717, 1.165) is 33.4 Å². The molecule has 2 unspecified atom stereocenters. The second-order valence-electron chi connectivity index (χ2n) is 13.6. The van der Waals surface area contributed by atoms with Gasteiger partial charge in [-0.25, -0.2) is 4.79 Å². The number of imide groups is 1. The summed E-state index contributed by atoms with van der Waals surface area (Å²) < 4.78 is 0. The number of carbonyl (C=O) groups is 5. The van der Waals surface area contributed by atoms with Crippen molar-refractivity contribution in [1.29, 1.82) is 0 Å². The number of hydrogen-bond donors (Lipinski definition) is 0. The van der Waals surface area contributed by atoms with Crippen molar-refractivity contribution in [2.75, 3.05) is 0 Å². The fraction of sp³-hybridized carbons (Fsp3) is 0.326. The fourth-order valence-electron chi connectivity index (χ4n) is 5.47. The molecule has 1 heterocycles. The van der Waals surface area contributed by atoms with Gasteiger partial charge in [-0.05, 0) is 66.4 Å². The molecule has 1 fully saturated rings. The smallest absolute Gasteiger partial charge is 0.330 e. The Morgan fingerprint density at radius 1 is 0.577 bits per heavy atom. The van der Waals surface area contributed by atoms with Gasteiger partial charge in [-0.2, -0.15) is 0 Å². The molecule has 382 valence electrons. The third-order valence-electron chi connectivity index (χ3n) is 8.72. The minimum absolute atomic E-state index is 0. The van der Waals surface area contributed by atoms with Crippen LogP contribution in [0.4, 0.5) is 0 Å². The lowest BCUT2D eigenvalue weighted by molar-refractivity contribution is -0.197. The van der Waals surface area contributed by atoms with Crippen molar-refractivity contribution in [3.8, 4) is 0 Å². The Labute approximate surface area is 461 Å². The van der Waals surface area contributed by atoms with E-state index in [4.69, 9.17) is 33.4 Å². The molecule has 0 N–H and O–H groups in total. The van der Waals surface area contributed by atoms with E-state index in [9.17, 15) is 24.0 Å². The van der Waals surface area contributed by atoms with Gasteiger partial charge in [0.1, 0.15) is 23.7 Å². The number of hydroxylamine groups is 2. The third kappa shape index (κ3) is 29.9. The Morgan fingerprint density at radius 3 is 1.23 bits per heavy atom. The van der Waals surface area contributed by atoms with E-state index in [-0.39, 0.29) is 38.3 Å². The van der Waals surface area contributed by atoms with Gasteiger partial charge in [0, 0.05) is 180 Å². The van der Waals surface area contributed by atoms with Gasteiger partial charge < -0.3 is 4.84 Å². The second kappa shape index (κ2) is 42.1. The zero-order valence-electron chi connectivity index (χ0n) is 37.4. The first kappa shape index (κ1) is 65.8. The Kier molecular flexibility index (Phi) is 39.0. The Morgan fingerprint density at radius 2 is 0.915 bits per heavy atom. The van der Waals surface area contributed by atoms with Crippen LogP contribution in [0.2, 0.25) is 0 Å². The van der Waals surface area contributed by atoms with E-state index in [1.165, 1.54) is 17.8 Å². The van der Waals surface area contributed by atoms with Crippen molar-refractivity contribution in [2.24, 2.45) is 10.2 Å². The first-order valence-electron chi connectivity index (χ1n) is 20.3. The molecular formula is C43H49N7O6S15. The van der Waals surface area contributed by atoms with Gasteiger partial charge in [-0.3, -0.25) is 19.2 Å². The van der Waals surface area contributed by atoms with Crippen molar-refractivity contribution in [1.82, 2.24) is 5.06 Å². The second-order valence-corrected chi connectivity index (χ2v) is 36.6. The van der Waals surface area contributed by atoms with Gasteiger partial charge in [-0.15, -0.1) is 5.06 Å². The fourth-order valence-corrected chi connectivity index (χ4v) is 35.7. The molecule has 0 aromatic heterocycles. The highest BCUT2D eigenvalue weighted by Crippen LogP contribution is 2.23. The highest BCUT2D eigenvalue weighted by atomic mass is 33.5. The maximum Gasteiger partial charge on any atom is 0.333 e. The lowest BCUT2D eigenvalue weighted by Gasteiger charge is -2.11. The summed E-state index contributed by atoms with van der Waals surface area (Å²) in [6, 6.07) is 33.2. The van der Waals surface area contributed by atoms with E-state index in [1.807, 2.05) is 130 Å². The van der Waals surface area contributed by atoms with Crippen molar-refractivity contribution < 1.29 is 28.8 Å². The number of carbonyl (C=O) groups excluding carboxylic acids is 5. The molecule has 4 aromatic carbocycles. The monoisotopic (exact) mass is 1240 g/mol. The van der Waals surface area contributed by atoms with Gasteiger partial charge in [0.25, 0.3) is 11.8 Å². The summed E-state index contributed by atoms with van der Waals surface area (Å²) in [6.45, 7) is 5.77. The van der Waals surface area contributed by atoms with Crippen LogP contribution < -0.4 is 0 Å². The lowest BCUT2D eigenvalue weighted by atomic mass is 9.98. The summed E-state index contributed by atoms with van der Waals surface area (Å²) in [4.78, 5) is 67.7. The van der Waals surface area contributed by atoms with Crippen molar-refractivity contribution in [3.63, 3.8) is 0 Å². The van der Waals surface area contributed by atoms with E-state index in [1.54, 1.807) is 97.7 Å². The summed E-state index contributed by atoms with van der Waals surface area (Å²) in [5.74, 6) is -1.52. The number of ketones is 2. The molecule has 1 aliphatic rings. The average Bonchev–Trinajstić information content (AvgIpc) is 3.69. The summed E-state index contributed by atoms with van der Waals surface area (Å²) in [5, 5.41) is 7.90. The van der Waals surface area contributed by atoms with Gasteiger partial charge in [0.2, 0.25) is 0 Å². The minimum atomic E-state index is -0.737. The van der Waals surface area contributed by atoms with Crippen LogP contribution in [0.1, 0.15) is 98.3 Å². The molecule has 0 aliphatic carbocycles. The highest BCUT2D eigenvalue weighted by Gasteiger charge is 2.32. The topological polar surface area (TPSA) is 195 Å². The summed E-state index contributed by atoms with van der Waals surface area (Å²) in [6.07, 6.45) is 3.16. The number of nitrogens with zero attached hydrogens (tertiary/aromatic N) is 7. The van der Waals surface area contributed by atoms with Crippen LogP contribution in [0.3, 0.4) is 0 Å². The van der Waals surface area contributed by atoms with E-state index >= 15 is 0 Å². The molecule has 0 saturated carbocycles. The van der Waals surface area contributed by atoms with Crippen LogP contribution in [-0.4, -0.2) is 34.4 Å². The summed E-state index contributed by atoms with van der Waals surface area (Å²) in [7, 11) is 21.7. The molecule has 2 amide bonds. The van der Waals surface area contributed by atoms with Crippen molar-refractivity contribution >= 4 is 167 Å². The number of azide groups is 2. The molecule has 71 heavy (non-hydrogen) atoms. The maximum atomic E-state index is 12.3. The number of amides is 2. The third-order valence-corrected chi connectivity index (χ3v) is 35.4. The zero-order valence-corrected chi connectivity index (χ0v) is 49.7. The number of aryl methyl sites for hydroxylation is 4. The predicted molar refractivity (Wildman–Crippen MR) is 325 cm³/mol. The van der Waals surface area contributed by atoms with Gasteiger partial charge in [0.05, 0.1) is 0 Å². The first-order chi connectivity index (χ1) is 34.0. The van der Waals surface area contributed by atoms with Crippen LogP contribution in [0.15, 0.2) is 119 Å². The molecule has 0 spiro atoms. The van der Waals surface area contributed by atoms with E-state index in [0.29, 0.717) is 37.2 Å². The molecular weight excluding hydrogens is 1190 g/mol. The standard InChI is InChI=1S/2C17H17N3O.C8H11NO4.CH4.S15/c2*1-13-7-10-15(11-8-13)17(19-20-18)16(21)12-9-14-5-3-2-4-6-14;1-2-3-8(12)13-9-6(10)4-5-7(9)11;;1-3-5-7-9-11-13-15-14-12-10-8-6-4-2/h2*2-8,10-11,17H,9,12H2,1H3;2-5H2,1H3;1H4;. The quantitative estimate of drug-likeness (QED) is 0.0485. The number of Topliss-reactive ketones (excluding diaryl/α,β-unsaturated/α-hetero) is 2. The molecule has 1 saturated heterocycles. The highest BCUT2D eigenvalue weighted by molar-refractivity contribution is 8.76. The Hall–Kier alpha value is -3.25. The first-order valence-corrected chi connectivity index (χ1v) is 39.0. The minimum Gasteiger partial charge on any atom is -0.330 e. The molecule has 0 bridgehead atoms. The number of rotatable bonds is 15. The van der Waals surface area contributed by atoms with Crippen LogP contribution in [0, 0.1) is 13.8 Å².